The van der Waals surface area contributed by atoms with E-state index >= 15 is 0 Å². The maximum atomic E-state index is 13.7. The van der Waals surface area contributed by atoms with Crippen molar-refractivity contribution in [2.45, 2.75) is 19.8 Å². The first-order valence-electron chi connectivity index (χ1n) is 8.25. The van der Waals surface area contributed by atoms with Crippen LogP contribution in [-0.4, -0.2) is 23.5 Å². The second kappa shape index (κ2) is 8.97. The number of carbonyl (C=O) groups excluding carboxylic acids is 1. The van der Waals surface area contributed by atoms with Crippen LogP contribution in [0.1, 0.15) is 18.1 Å². The Morgan fingerprint density at radius 1 is 1.04 bits per heavy atom. The summed E-state index contributed by atoms with van der Waals surface area (Å²) in [6, 6.07) is 15.6. The van der Waals surface area contributed by atoms with Crippen molar-refractivity contribution in [3.63, 3.8) is 0 Å². The molecule has 132 valence electrons. The topological polar surface area (TPSA) is 66.4 Å². The molecule has 4 nitrogen and oxygen atoms in total. The highest BCUT2D eigenvalue weighted by Crippen LogP contribution is 2.13. The molecule has 0 fully saturated rings. The van der Waals surface area contributed by atoms with Crippen LogP contribution in [0.5, 0.6) is 0 Å². The molecule has 0 saturated heterocycles. The van der Waals surface area contributed by atoms with Crippen molar-refractivity contribution in [1.29, 1.82) is 0 Å². The number of carbonyl (C=O) groups is 2. The smallest absolute Gasteiger partial charge is 0.308 e. The lowest BCUT2D eigenvalue weighted by molar-refractivity contribution is -0.141. The molecule has 0 aromatic heterocycles. The van der Waals surface area contributed by atoms with Gasteiger partial charge in [-0.3, -0.25) is 9.59 Å². The minimum Gasteiger partial charge on any atom is -0.481 e. The number of nitrogens with one attached hydrogen (secondary N) is 1. The number of amides is 1. The van der Waals surface area contributed by atoms with Crippen LogP contribution in [0.2, 0.25) is 0 Å². The van der Waals surface area contributed by atoms with E-state index < -0.39 is 17.8 Å². The van der Waals surface area contributed by atoms with Crippen LogP contribution in [-0.2, 0) is 22.4 Å². The van der Waals surface area contributed by atoms with E-state index in [4.69, 9.17) is 0 Å². The van der Waals surface area contributed by atoms with E-state index in [-0.39, 0.29) is 24.7 Å². The van der Waals surface area contributed by atoms with E-state index in [1.807, 2.05) is 30.3 Å². The molecule has 25 heavy (non-hydrogen) atoms. The zero-order valence-electron chi connectivity index (χ0n) is 14.1. The Labute approximate surface area is 146 Å². The quantitative estimate of drug-likeness (QED) is 0.774. The highest BCUT2D eigenvalue weighted by atomic mass is 19.1. The lowest BCUT2D eigenvalue weighted by Crippen LogP contribution is -2.37. The van der Waals surface area contributed by atoms with Crippen LogP contribution in [0.4, 0.5) is 4.39 Å². The summed E-state index contributed by atoms with van der Waals surface area (Å²) in [5, 5.41) is 12.0. The molecule has 2 aromatic carbocycles. The van der Waals surface area contributed by atoms with Crippen LogP contribution in [0, 0.1) is 17.7 Å². The van der Waals surface area contributed by atoms with E-state index in [9.17, 15) is 19.1 Å². The first kappa shape index (κ1) is 18.6. The van der Waals surface area contributed by atoms with Crippen LogP contribution in [0.25, 0.3) is 0 Å². The zero-order valence-corrected chi connectivity index (χ0v) is 14.1. The molecule has 1 amide bonds. The molecule has 5 heteroatoms. The van der Waals surface area contributed by atoms with Crippen molar-refractivity contribution in [2.75, 3.05) is 6.54 Å². The summed E-state index contributed by atoms with van der Waals surface area (Å²) >= 11 is 0. The summed E-state index contributed by atoms with van der Waals surface area (Å²) in [4.78, 5) is 23.6. The molecule has 0 aliphatic heterocycles. The van der Waals surface area contributed by atoms with Crippen LogP contribution >= 0.6 is 0 Å². The predicted molar refractivity (Wildman–Crippen MR) is 93.5 cm³/mol. The number of rotatable bonds is 8. The van der Waals surface area contributed by atoms with E-state index in [1.165, 1.54) is 6.07 Å². The molecule has 0 spiro atoms. The van der Waals surface area contributed by atoms with Gasteiger partial charge in [0.1, 0.15) is 5.82 Å². The molecule has 0 saturated carbocycles. The summed E-state index contributed by atoms with van der Waals surface area (Å²) in [5.41, 5.74) is 1.38. The fourth-order valence-corrected chi connectivity index (χ4v) is 2.63. The number of carboxylic acid groups (broad SMARTS) is 1. The highest BCUT2D eigenvalue weighted by molar-refractivity contribution is 5.79. The van der Waals surface area contributed by atoms with Crippen molar-refractivity contribution in [1.82, 2.24) is 5.32 Å². The molecule has 0 radical (unpaired) electrons. The van der Waals surface area contributed by atoms with Gasteiger partial charge in [0.15, 0.2) is 0 Å². The summed E-state index contributed by atoms with van der Waals surface area (Å²) in [6.45, 7) is 1.75. The minimum absolute atomic E-state index is 0.0463. The van der Waals surface area contributed by atoms with Gasteiger partial charge >= 0.3 is 5.97 Å². The maximum Gasteiger partial charge on any atom is 0.308 e. The molecule has 2 aromatic rings. The standard InChI is InChI=1S/C20H22FNO3/c1-14(11-16-9-5-6-10-18(16)21)19(23)22-13-17(20(24)25)12-15-7-3-2-4-8-15/h2-10,14,17H,11-13H2,1H3,(H,22,23)(H,24,25). The van der Waals surface area contributed by atoms with Crippen LogP contribution < -0.4 is 5.32 Å². The number of carboxylic acids is 1. The third-order valence-electron chi connectivity index (χ3n) is 4.13. The number of benzene rings is 2. The molecule has 0 bridgehead atoms. The Morgan fingerprint density at radius 3 is 2.32 bits per heavy atom. The zero-order chi connectivity index (χ0) is 18.2. The number of aliphatic carboxylic acids is 1. The summed E-state index contributed by atoms with van der Waals surface area (Å²) in [7, 11) is 0. The molecule has 0 heterocycles. The first-order chi connectivity index (χ1) is 12.0. The van der Waals surface area contributed by atoms with Gasteiger partial charge in [0.05, 0.1) is 5.92 Å². The van der Waals surface area contributed by atoms with Crippen molar-refractivity contribution >= 4 is 11.9 Å². The maximum absolute atomic E-state index is 13.7. The summed E-state index contributed by atoms with van der Waals surface area (Å²) in [5.74, 6) is -2.71. The Kier molecular flexibility index (Phi) is 6.69. The largest absolute Gasteiger partial charge is 0.481 e. The van der Waals surface area contributed by atoms with Gasteiger partial charge in [-0.05, 0) is 30.0 Å². The van der Waals surface area contributed by atoms with Crippen molar-refractivity contribution in [2.24, 2.45) is 11.8 Å². The van der Waals surface area contributed by atoms with Gasteiger partial charge in [-0.15, -0.1) is 0 Å². The van der Waals surface area contributed by atoms with Gasteiger partial charge in [-0.2, -0.15) is 0 Å². The Morgan fingerprint density at radius 2 is 1.68 bits per heavy atom. The Bertz CT molecular complexity index is 718. The highest BCUT2D eigenvalue weighted by Gasteiger charge is 2.21. The number of halogens is 1. The third kappa shape index (κ3) is 5.71. The molecule has 2 atom stereocenters. The van der Waals surface area contributed by atoms with E-state index in [1.54, 1.807) is 25.1 Å². The fraction of sp³-hybridized carbons (Fsp3) is 0.300. The summed E-state index contributed by atoms with van der Waals surface area (Å²) < 4.78 is 13.7. The van der Waals surface area contributed by atoms with E-state index in [2.05, 4.69) is 5.32 Å². The number of hydrogen-bond acceptors (Lipinski definition) is 2. The number of hydrogen-bond donors (Lipinski definition) is 2. The Balaban J connectivity index is 1.90. The second-order valence-electron chi connectivity index (χ2n) is 6.17. The molecule has 0 aliphatic rings. The molecule has 2 rings (SSSR count). The molecule has 2 unspecified atom stereocenters. The van der Waals surface area contributed by atoms with Gasteiger partial charge in [-0.1, -0.05) is 55.5 Å². The predicted octanol–water partition coefficient (Wildman–Crippen LogP) is 3.06. The van der Waals surface area contributed by atoms with Crippen LogP contribution in [0.15, 0.2) is 54.6 Å². The van der Waals surface area contributed by atoms with Crippen molar-refractivity contribution in [3.05, 3.63) is 71.5 Å². The molecule has 2 N–H and O–H groups in total. The van der Waals surface area contributed by atoms with Gasteiger partial charge in [-0.25, -0.2) is 4.39 Å². The van der Waals surface area contributed by atoms with Crippen molar-refractivity contribution in [3.8, 4) is 0 Å². The SMILES string of the molecule is CC(Cc1ccccc1F)C(=O)NCC(Cc1ccccc1)C(=O)O. The van der Waals surface area contributed by atoms with Gasteiger partial charge in [0.25, 0.3) is 0 Å². The van der Waals surface area contributed by atoms with E-state index in [0.29, 0.717) is 12.0 Å². The lowest BCUT2D eigenvalue weighted by Gasteiger charge is -2.16. The molecule has 0 aliphatic carbocycles. The van der Waals surface area contributed by atoms with Gasteiger partial charge < -0.3 is 10.4 Å². The second-order valence-corrected chi connectivity index (χ2v) is 6.17. The molecular weight excluding hydrogens is 321 g/mol. The first-order valence-corrected chi connectivity index (χ1v) is 8.25. The summed E-state index contributed by atoms with van der Waals surface area (Å²) in [6.07, 6.45) is 0.618. The van der Waals surface area contributed by atoms with E-state index in [0.717, 1.165) is 5.56 Å². The van der Waals surface area contributed by atoms with Gasteiger partial charge in [0, 0.05) is 12.5 Å². The minimum atomic E-state index is -0.953. The van der Waals surface area contributed by atoms with Gasteiger partial charge in [0.2, 0.25) is 5.91 Å². The third-order valence-corrected chi connectivity index (χ3v) is 4.13. The molecular formula is C20H22FNO3. The monoisotopic (exact) mass is 343 g/mol. The average molecular weight is 343 g/mol. The normalized spacial score (nSPS) is 13.0. The lowest BCUT2D eigenvalue weighted by atomic mass is 9.97. The Hall–Kier alpha value is -2.69. The fourth-order valence-electron chi connectivity index (χ4n) is 2.63. The van der Waals surface area contributed by atoms with Crippen LogP contribution in [0.3, 0.4) is 0 Å². The van der Waals surface area contributed by atoms with Crippen molar-refractivity contribution < 1.29 is 19.1 Å². The average Bonchev–Trinajstić information content (AvgIpc) is 2.60.